The van der Waals surface area contributed by atoms with Crippen LogP contribution >= 0.6 is 12.6 Å². The van der Waals surface area contributed by atoms with E-state index < -0.39 is 0 Å². The molecule has 0 atom stereocenters. The van der Waals surface area contributed by atoms with Gasteiger partial charge in [-0.1, -0.05) is 0 Å². The molecule has 0 bridgehead atoms. The molecule has 0 aromatic carbocycles. The Labute approximate surface area is 54.9 Å². The van der Waals surface area contributed by atoms with E-state index in [2.05, 4.69) is 17.9 Å². The number of hydrogen-bond acceptors (Lipinski definition) is 3. The first-order valence-electron chi connectivity index (χ1n) is 2.30. The highest BCUT2D eigenvalue weighted by Gasteiger charge is 1.86. The number of rotatable bonds is 2. The van der Waals surface area contributed by atoms with Crippen LogP contribution in [-0.2, 0) is 0 Å². The van der Waals surface area contributed by atoms with E-state index in [0.29, 0.717) is 4.91 Å². The molecule has 0 fully saturated rings. The molecule has 0 aromatic heterocycles. The standard InChI is InChI=1S/C5H10N2S/c1-4(7-2)5(8)3-6/h3,6-8H,1-2H3/b5-4+,6-3?. The van der Waals surface area contributed by atoms with Gasteiger partial charge in [0, 0.05) is 23.9 Å². The number of nitrogens with one attached hydrogen (secondary N) is 2. The van der Waals surface area contributed by atoms with E-state index in [9.17, 15) is 0 Å². The minimum absolute atomic E-state index is 0.674. The molecule has 0 saturated heterocycles. The molecule has 0 spiro atoms. The predicted octanol–water partition coefficient (Wildman–Crippen LogP) is 1.02. The van der Waals surface area contributed by atoms with Gasteiger partial charge in [0.25, 0.3) is 0 Å². The molecule has 0 amide bonds. The SMILES string of the molecule is CN/C(C)=C(/S)C=N. The second-order valence-electron chi connectivity index (χ2n) is 1.40. The maximum Gasteiger partial charge on any atom is 0.0404 e. The summed E-state index contributed by atoms with van der Waals surface area (Å²) in [6.07, 6.45) is 1.20. The fourth-order valence-corrected chi connectivity index (χ4v) is 0.348. The molecule has 0 saturated carbocycles. The summed E-state index contributed by atoms with van der Waals surface area (Å²) < 4.78 is 0. The van der Waals surface area contributed by atoms with Crippen LogP contribution in [0.2, 0.25) is 0 Å². The highest BCUT2D eigenvalue weighted by atomic mass is 32.1. The van der Waals surface area contributed by atoms with Crippen LogP contribution in [-0.4, -0.2) is 13.3 Å². The molecule has 2 N–H and O–H groups in total. The zero-order valence-corrected chi connectivity index (χ0v) is 5.92. The van der Waals surface area contributed by atoms with Crippen LogP contribution in [0.1, 0.15) is 6.92 Å². The normalized spacial score (nSPS) is 12.4. The van der Waals surface area contributed by atoms with Gasteiger partial charge in [-0.2, -0.15) is 0 Å². The Morgan fingerprint density at radius 2 is 2.25 bits per heavy atom. The van der Waals surface area contributed by atoms with Gasteiger partial charge in [-0.25, -0.2) is 0 Å². The van der Waals surface area contributed by atoms with E-state index in [1.54, 1.807) is 7.05 Å². The maximum atomic E-state index is 6.74. The molecule has 0 rings (SSSR count). The number of allylic oxidation sites excluding steroid dienone is 2. The van der Waals surface area contributed by atoms with Crippen molar-refractivity contribution in [3.8, 4) is 0 Å². The van der Waals surface area contributed by atoms with Crippen LogP contribution < -0.4 is 5.32 Å². The summed E-state index contributed by atoms with van der Waals surface area (Å²) >= 11 is 3.98. The lowest BCUT2D eigenvalue weighted by Gasteiger charge is -1.98. The summed E-state index contributed by atoms with van der Waals surface area (Å²) in [5.41, 5.74) is 0.920. The predicted molar refractivity (Wildman–Crippen MR) is 39.5 cm³/mol. The maximum absolute atomic E-state index is 6.74. The van der Waals surface area contributed by atoms with Gasteiger partial charge in [0.05, 0.1) is 0 Å². The summed E-state index contributed by atoms with van der Waals surface area (Å²) in [6.45, 7) is 1.87. The second kappa shape index (κ2) is 3.55. The van der Waals surface area contributed by atoms with Gasteiger partial charge in [0.15, 0.2) is 0 Å². The third-order valence-electron chi connectivity index (χ3n) is 0.896. The van der Waals surface area contributed by atoms with E-state index >= 15 is 0 Å². The molecule has 2 nitrogen and oxygen atoms in total. The van der Waals surface area contributed by atoms with Crippen molar-refractivity contribution in [2.75, 3.05) is 7.05 Å². The van der Waals surface area contributed by atoms with E-state index in [-0.39, 0.29) is 0 Å². The van der Waals surface area contributed by atoms with Crippen molar-refractivity contribution in [3.63, 3.8) is 0 Å². The van der Waals surface area contributed by atoms with Crippen LogP contribution in [0.15, 0.2) is 10.6 Å². The zero-order valence-electron chi connectivity index (χ0n) is 5.02. The molecule has 0 unspecified atom stereocenters. The molecule has 0 aromatic rings. The molecule has 0 radical (unpaired) electrons. The van der Waals surface area contributed by atoms with Crippen LogP contribution in [0.3, 0.4) is 0 Å². The fourth-order valence-electron chi connectivity index (χ4n) is 0.236. The summed E-state index contributed by atoms with van der Waals surface area (Å²) in [5, 5.41) is 9.61. The van der Waals surface area contributed by atoms with Crippen molar-refractivity contribution in [2.24, 2.45) is 0 Å². The summed E-state index contributed by atoms with van der Waals surface area (Å²) in [6, 6.07) is 0. The average Bonchev–Trinajstić information content (AvgIpc) is 1.84. The van der Waals surface area contributed by atoms with Crippen molar-refractivity contribution in [3.05, 3.63) is 10.6 Å². The molecule has 0 aliphatic rings. The van der Waals surface area contributed by atoms with Crippen molar-refractivity contribution in [1.29, 1.82) is 5.41 Å². The smallest absolute Gasteiger partial charge is 0.0404 e. The van der Waals surface area contributed by atoms with Gasteiger partial charge >= 0.3 is 0 Å². The van der Waals surface area contributed by atoms with Gasteiger partial charge in [-0.15, -0.1) is 12.6 Å². The Morgan fingerprint density at radius 3 is 2.38 bits per heavy atom. The van der Waals surface area contributed by atoms with Crippen LogP contribution in [0.4, 0.5) is 0 Å². The molecular weight excluding hydrogens is 120 g/mol. The first-order valence-corrected chi connectivity index (χ1v) is 2.75. The van der Waals surface area contributed by atoms with E-state index in [4.69, 9.17) is 5.41 Å². The minimum atomic E-state index is 0.674. The van der Waals surface area contributed by atoms with Gasteiger partial charge < -0.3 is 10.7 Å². The Hall–Kier alpha value is -0.440. The fraction of sp³-hybridized carbons (Fsp3) is 0.400. The Bertz CT molecular complexity index is 118. The van der Waals surface area contributed by atoms with Gasteiger partial charge in [-0.3, -0.25) is 0 Å². The van der Waals surface area contributed by atoms with Crippen molar-refractivity contribution in [2.45, 2.75) is 6.92 Å². The van der Waals surface area contributed by atoms with Gasteiger partial charge in [0.1, 0.15) is 0 Å². The quantitative estimate of drug-likeness (QED) is 0.379. The molecular formula is C5H10N2S. The lowest BCUT2D eigenvalue weighted by Crippen LogP contribution is -2.03. The first kappa shape index (κ1) is 7.56. The summed E-state index contributed by atoms with van der Waals surface area (Å²) in [4.78, 5) is 0.674. The van der Waals surface area contributed by atoms with Crippen molar-refractivity contribution < 1.29 is 0 Å². The highest BCUT2D eigenvalue weighted by molar-refractivity contribution is 7.85. The molecule has 8 heavy (non-hydrogen) atoms. The van der Waals surface area contributed by atoms with Crippen LogP contribution in [0.25, 0.3) is 0 Å². The third-order valence-corrected chi connectivity index (χ3v) is 1.36. The summed E-state index contributed by atoms with van der Waals surface area (Å²) in [5.74, 6) is 0. The lowest BCUT2D eigenvalue weighted by molar-refractivity contribution is 0.990. The van der Waals surface area contributed by atoms with E-state index in [1.807, 2.05) is 6.92 Å². The zero-order chi connectivity index (χ0) is 6.57. The second-order valence-corrected chi connectivity index (χ2v) is 1.89. The monoisotopic (exact) mass is 130 g/mol. The van der Waals surface area contributed by atoms with E-state index in [1.165, 1.54) is 6.21 Å². The Morgan fingerprint density at radius 1 is 1.75 bits per heavy atom. The van der Waals surface area contributed by atoms with Gasteiger partial charge in [0.2, 0.25) is 0 Å². The Kier molecular flexibility index (Phi) is 3.35. The first-order chi connectivity index (χ1) is 3.72. The largest absolute Gasteiger partial charge is 0.391 e. The molecule has 0 aliphatic carbocycles. The lowest BCUT2D eigenvalue weighted by atomic mass is 10.4. The molecule has 0 aliphatic heterocycles. The Balaban J connectivity index is 4.03. The third kappa shape index (κ3) is 2.02. The molecule has 0 heterocycles. The number of hydrogen-bond donors (Lipinski definition) is 3. The van der Waals surface area contributed by atoms with Crippen LogP contribution in [0.5, 0.6) is 0 Å². The number of thiol groups is 1. The minimum Gasteiger partial charge on any atom is -0.391 e. The molecule has 3 heteroatoms. The molecule has 46 valence electrons. The topological polar surface area (TPSA) is 35.9 Å². The highest BCUT2D eigenvalue weighted by Crippen LogP contribution is 1.99. The van der Waals surface area contributed by atoms with Gasteiger partial charge in [-0.05, 0) is 6.92 Å². The van der Waals surface area contributed by atoms with Crippen molar-refractivity contribution >= 4 is 18.8 Å². The summed E-state index contributed by atoms with van der Waals surface area (Å²) in [7, 11) is 1.80. The van der Waals surface area contributed by atoms with E-state index in [0.717, 1.165) is 5.70 Å². The van der Waals surface area contributed by atoms with Crippen molar-refractivity contribution in [1.82, 2.24) is 5.32 Å². The van der Waals surface area contributed by atoms with Crippen LogP contribution in [0, 0.1) is 5.41 Å². The average molecular weight is 130 g/mol.